The number of rotatable bonds is 10. The Morgan fingerprint density at radius 2 is 1.59 bits per heavy atom. The molecule has 17 heavy (non-hydrogen) atoms. The zero-order valence-electron chi connectivity index (χ0n) is 9.90. The Labute approximate surface area is 117 Å². The van der Waals surface area contributed by atoms with E-state index < -0.39 is 18.9 Å². The Bertz CT molecular complexity index is 226. The Kier molecular flexibility index (Phi) is 10.4. The van der Waals surface area contributed by atoms with Gasteiger partial charge >= 0.3 is 7.82 Å². The first-order valence-corrected chi connectivity index (χ1v) is 8.29. The van der Waals surface area contributed by atoms with E-state index in [1.165, 1.54) is 0 Å². The largest absolute Gasteiger partial charge is 0.477 e. The molecule has 0 radical (unpaired) electrons. The first kappa shape index (κ1) is 18.0. The van der Waals surface area contributed by atoms with Crippen LogP contribution in [0.4, 0.5) is 0 Å². The zero-order valence-corrected chi connectivity index (χ0v) is 13.1. The molecule has 8 heteroatoms. The van der Waals surface area contributed by atoms with Gasteiger partial charge in [0.2, 0.25) is 0 Å². The normalized spacial score (nSPS) is 18.6. The minimum atomic E-state index is -3.72. The molecule has 2 atom stereocenters. The molecule has 2 unspecified atom stereocenters. The Balaban J connectivity index is 4.39. The molecule has 104 valence electrons. The molecule has 0 aliphatic rings. The summed E-state index contributed by atoms with van der Waals surface area (Å²) in [5.41, 5.74) is -1.48. The van der Waals surface area contributed by atoms with Crippen LogP contribution < -0.4 is 0 Å². The van der Waals surface area contributed by atoms with Crippen LogP contribution in [0.15, 0.2) is 0 Å². The fraction of sp³-hybridized carbons (Fsp3) is 1.00. The monoisotopic (exact) mass is 326 g/mol. The van der Waals surface area contributed by atoms with Crippen LogP contribution in [-0.4, -0.2) is 23.6 Å². The maximum absolute atomic E-state index is 12.1. The number of phosphoric acid groups is 1. The molecular weight excluding hydrogens is 309 g/mol. The Morgan fingerprint density at radius 3 is 1.94 bits per heavy atom. The second-order valence-electron chi connectivity index (χ2n) is 3.17. The highest BCUT2D eigenvalue weighted by Crippen LogP contribution is 2.53. The van der Waals surface area contributed by atoms with Gasteiger partial charge in [-0.1, -0.05) is 37.0 Å². The molecule has 0 N–H and O–H groups in total. The first-order valence-electron chi connectivity index (χ1n) is 5.42. The summed E-state index contributed by atoms with van der Waals surface area (Å²) in [6, 6.07) is 0. The summed E-state index contributed by atoms with van der Waals surface area (Å²) >= 11 is 17.0. The van der Waals surface area contributed by atoms with Gasteiger partial charge in [-0.3, -0.25) is 13.6 Å². The van der Waals surface area contributed by atoms with Crippen molar-refractivity contribution < 1.29 is 18.1 Å². The molecule has 0 fully saturated rings. The van der Waals surface area contributed by atoms with Crippen LogP contribution in [0, 0.1) is 0 Å². The van der Waals surface area contributed by atoms with E-state index in [1.807, 2.05) is 0 Å². The van der Waals surface area contributed by atoms with E-state index in [1.54, 1.807) is 13.8 Å². The molecule has 0 saturated heterocycles. The lowest BCUT2D eigenvalue weighted by atomic mass is 10.5. The maximum atomic E-state index is 12.1. The predicted molar refractivity (Wildman–Crippen MR) is 70.9 cm³/mol. The zero-order chi connectivity index (χ0) is 13.3. The fourth-order valence-corrected chi connectivity index (χ4v) is 2.82. The van der Waals surface area contributed by atoms with Gasteiger partial charge in [-0.25, -0.2) is 4.57 Å². The van der Waals surface area contributed by atoms with Crippen molar-refractivity contribution in [1.29, 1.82) is 0 Å². The Morgan fingerprint density at radius 1 is 1.12 bits per heavy atom. The van der Waals surface area contributed by atoms with Gasteiger partial charge < -0.3 is 0 Å². The molecule has 0 aromatic heterocycles. The van der Waals surface area contributed by atoms with Gasteiger partial charge in [-0.2, -0.15) is 0 Å². The van der Waals surface area contributed by atoms with E-state index in [2.05, 4.69) is 0 Å². The molecule has 0 saturated carbocycles. The van der Waals surface area contributed by atoms with E-state index in [-0.39, 0.29) is 6.61 Å². The van der Waals surface area contributed by atoms with Crippen LogP contribution in [0.25, 0.3) is 0 Å². The lowest BCUT2D eigenvalue weighted by Crippen LogP contribution is -2.11. The number of hydrogen-bond acceptors (Lipinski definition) is 4. The van der Waals surface area contributed by atoms with Crippen molar-refractivity contribution in [3.8, 4) is 0 Å². The van der Waals surface area contributed by atoms with Crippen LogP contribution in [0.2, 0.25) is 0 Å². The Hall–Kier alpha value is 0.980. The van der Waals surface area contributed by atoms with Gasteiger partial charge in [0, 0.05) is 5.88 Å². The molecule has 4 nitrogen and oxygen atoms in total. The van der Waals surface area contributed by atoms with Crippen molar-refractivity contribution in [2.75, 3.05) is 12.5 Å². The number of phosphoric ester groups is 1. The van der Waals surface area contributed by atoms with Gasteiger partial charge in [0.25, 0.3) is 0 Å². The predicted octanol–water partition coefficient (Wildman–Crippen LogP) is 4.72. The summed E-state index contributed by atoms with van der Waals surface area (Å²) < 4.78 is 27.3. The van der Waals surface area contributed by atoms with E-state index in [4.69, 9.17) is 48.4 Å². The van der Waals surface area contributed by atoms with E-state index in [9.17, 15) is 4.57 Å². The van der Waals surface area contributed by atoms with Gasteiger partial charge in [0.15, 0.2) is 0 Å². The third-order valence-electron chi connectivity index (χ3n) is 1.66. The lowest BCUT2D eigenvalue weighted by Gasteiger charge is -2.21. The second-order valence-corrected chi connectivity index (χ2v) is 6.10. The molecule has 0 aromatic carbocycles. The molecule has 0 aliphatic carbocycles. The van der Waals surface area contributed by atoms with Crippen LogP contribution >= 0.6 is 42.6 Å². The summed E-state index contributed by atoms with van der Waals surface area (Å²) in [5.74, 6) is 0.399. The van der Waals surface area contributed by atoms with Crippen LogP contribution in [0.5, 0.6) is 0 Å². The third-order valence-corrected chi connectivity index (χ3v) is 4.49. The summed E-state index contributed by atoms with van der Waals surface area (Å²) in [5, 5.41) is 0. The number of hydrogen-bond donors (Lipinski definition) is 0. The van der Waals surface area contributed by atoms with Gasteiger partial charge in [0.1, 0.15) is 11.1 Å². The summed E-state index contributed by atoms with van der Waals surface area (Å²) in [6.45, 7) is 3.75. The topological polar surface area (TPSA) is 44.8 Å². The quantitative estimate of drug-likeness (QED) is 0.331. The second kappa shape index (κ2) is 9.85. The number of alkyl halides is 3. The van der Waals surface area contributed by atoms with Crippen molar-refractivity contribution in [2.24, 2.45) is 0 Å². The van der Waals surface area contributed by atoms with Crippen molar-refractivity contribution in [2.45, 2.75) is 44.2 Å². The standard InChI is InChI=1S/C9H18Cl3O4P/c1-3-8(11)15-17(13,14-7-5-6-10)16-9(12)4-2/h8-9H,3-7H2,1-2H3. The smallest absolute Gasteiger partial charge is 0.287 e. The van der Waals surface area contributed by atoms with Crippen molar-refractivity contribution in [3.05, 3.63) is 0 Å². The highest BCUT2D eigenvalue weighted by atomic mass is 35.5. The van der Waals surface area contributed by atoms with Gasteiger partial charge in [-0.15, -0.1) is 11.6 Å². The van der Waals surface area contributed by atoms with Gasteiger partial charge in [0.05, 0.1) is 6.61 Å². The van der Waals surface area contributed by atoms with Crippen LogP contribution in [0.3, 0.4) is 0 Å². The average Bonchev–Trinajstić information content (AvgIpc) is 2.28. The van der Waals surface area contributed by atoms with E-state index in [0.29, 0.717) is 25.1 Å². The molecule has 0 bridgehead atoms. The minimum absolute atomic E-state index is 0.168. The fourth-order valence-electron chi connectivity index (χ4n) is 0.746. The van der Waals surface area contributed by atoms with Crippen LogP contribution in [0.1, 0.15) is 33.1 Å². The molecule has 0 rings (SSSR count). The molecule has 0 heterocycles. The highest BCUT2D eigenvalue weighted by Gasteiger charge is 2.32. The SMILES string of the molecule is CCC(Cl)OP(=O)(OCCCCl)OC(Cl)CC. The van der Waals surface area contributed by atoms with Gasteiger partial charge in [-0.05, 0) is 19.3 Å². The molecule has 0 amide bonds. The van der Waals surface area contributed by atoms with Crippen LogP contribution in [-0.2, 0) is 18.1 Å². The lowest BCUT2D eigenvalue weighted by molar-refractivity contribution is 0.0921. The molecule has 0 aliphatic heterocycles. The molecule has 0 spiro atoms. The van der Waals surface area contributed by atoms with Crippen molar-refractivity contribution in [3.63, 3.8) is 0 Å². The van der Waals surface area contributed by atoms with E-state index >= 15 is 0 Å². The van der Waals surface area contributed by atoms with E-state index in [0.717, 1.165) is 0 Å². The summed E-state index contributed by atoms with van der Waals surface area (Å²) in [4.78, 5) is 0. The minimum Gasteiger partial charge on any atom is -0.287 e. The summed E-state index contributed by atoms with van der Waals surface area (Å²) in [6.07, 6.45) is 1.50. The molecular formula is C9H18Cl3O4P. The number of halogens is 3. The van der Waals surface area contributed by atoms with Crippen molar-refractivity contribution in [1.82, 2.24) is 0 Å². The molecule has 0 aromatic rings. The first-order chi connectivity index (χ1) is 7.97. The third kappa shape index (κ3) is 8.66. The summed E-state index contributed by atoms with van der Waals surface area (Å²) in [7, 11) is -3.72. The van der Waals surface area contributed by atoms with Crippen molar-refractivity contribution >= 4 is 42.6 Å². The highest BCUT2D eigenvalue weighted by molar-refractivity contribution is 7.48. The average molecular weight is 328 g/mol. The maximum Gasteiger partial charge on any atom is 0.477 e.